The first kappa shape index (κ1) is 25.6. The third-order valence-electron chi connectivity index (χ3n) is 6.21. The van der Waals surface area contributed by atoms with Gasteiger partial charge in [0.25, 0.3) is 5.56 Å². The number of nitrogens with zero attached hydrogens (tertiary/aromatic N) is 3. The Morgan fingerprint density at radius 2 is 1.65 bits per heavy atom. The van der Waals surface area contributed by atoms with Crippen LogP contribution in [0, 0.1) is 27.7 Å². The number of para-hydroxylation sites is 1. The molecule has 0 N–H and O–H groups in total. The van der Waals surface area contributed by atoms with Crippen molar-refractivity contribution in [3.63, 3.8) is 0 Å². The van der Waals surface area contributed by atoms with Crippen LogP contribution in [-0.2, 0) is 11.3 Å². The van der Waals surface area contributed by atoms with Gasteiger partial charge in [-0.2, -0.15) is 5.10 Å². The topological polar surface area (TPSA) is 92.4 Å². The van der Waals surface area contributed by atoms with Crippen molar-refractivity contribution in [2.75, 3.05) is 13.2 Å². The average molecular weight is 500 g/mol. The lowest BCUT2D eigenvalue weighted by atomic mass is 10.1. The van der Waals surface area contributed by atoms with Crippen LogP contribution in [0.25, 0.3) is 5.69 Å². The van der Waals surface area contributed by atoms with Crippen LogP contribution in [0.5, 0.6) is 5.75 Å². The first-order valence-corrected chi connectivity index (χ1v) is 12.0. The second-order valence-corrected chi connectivity index (χ2v) is 8.83. The molecule has 0 fully saturated rings. The van der Waals surface area contributed by atoms with E-state index in [2.05, 4.69) is 18.1 Å². The number of hydrogen-bond acceptors (Lipinski definition) is 6. The van der Waals surface area contributed by atoms with Crippen molar-refractivity contribution in [2.45, 2.75) is 34.2 Å². The van der Waals surface area contributed by atoms with Gasteiger partial charge < -0.3 is 14.0 Å². The number of aromatic nitrogens is 3. The summed E-state index contributed by atoms with van der Waals surface area (Å²) >= 11 is 0. The van der Waals surface area contributed by atoms with Crippen molar-refractivity contribution in [3.05, 3.63) is 111 Å². The highest BCUT2D eigenvalue weighted by atomic mass is 16.5. The van der Waals surface area contributed by atoms with Gasteiger partial charge in [0.2, 0.25) is 5.78 Å². The highest BCUT2D eigenvalue weighted by Crippen LogP contribution is 2.23. The number of carbonyl (C=O) groups excluding carboxylic acids is 2. The Kier molecular flexibility index (Phi) is 7.67. The minimum atomic E-state index is -0.783. The third kappa shape index (κ3) is 5.86. The molecule has 0 amide bonds. The molecular formula is C29H29N3O5. The number of ether oxygens (including phenoxy) is 2. The largest absolute Gasteiger partial charge is 0.492 e. The van der Waals surface area contributed by atoms with Gasteiger partial charge in [0.05, 0.1) is 6.54 Å². The SMILES string of the molecule is Cc1ccc(-n2c(C)cc(C(=O)COC(=O)c3ccc(=O)n(CCOc4ccccc4)n3)c2C)cc1C. The number of benzene rings is 2. The number of rotatable bonds is 9. The van der Waals surface area contributed by atoms with Crippen molar-refractivity contribution in [1.82, 2.24) is 14.3 Å². The van der Waals surface area contributed by atoms with E-state index >= 15 is 0 Å². The van der Waals surface area contributed by atoms with Crippen LogP contribution in [0.15, 0.2) is 71.5 Å². The molecule has 4 aromatic rings. The Bertz CT molecular complexity index is 1500. The van der Waals surface area contributed by atoms with Crippen molar-refractivity contribution < 1.29 is 19.1 Å². The molecule has 2 aromatic heterocycles. The Balaban J connectivity index is 1.41. The lowest BCUT2D eigenvalue weighted by Crippen LogP contribution is -2.27. The summed E-state index contributed by atoms with van der Waals surface area (Å²) in [6, 6.07) is 19.6. The molecule has 37 heavy (non-hydrogen) atoms. The summed E-state index contributed by atoms with van der Waals surface area (Å²) < 4.78 is 14.0. The summed E-state index contributed by atoms with van der Waals surface area (Å²) in [7, 11) is 0. The van der Waals surface area contributed by atoms with Crippen molar-refractivity contribution in [2.24, 2.45) is 0 Å². The van der Waals surface area contributed by atoms with E-state index in [-0.39, 0.29) is 30.2 Å². The van der Waals surface area contributed by atoms with Crippen LogP contribution in [0.2, 0.25) is 0 Å². The minimum Gasteiger partial charge on any atom is -0.492 e. The number of Topliss-reactive ketones (excluding diaryl/α,β-unsaturated/α-hetero) is 1. The summed E-state index contributed by atoms with van der Waals surface area (Å²) in [5.74, 6) is -0.434. The number of carbonyl (C=O) groups is 2. The van der Waals surface area contributed by atoms with E-state index < -0.39 is 12.6 Å². The molecule has 0 radical (unpaired) electrons. The lowest BCUT2D eigenvalue weighted by Gasteiger charge is -2.12. The molecule has 0 saturated carbocycles. The first-order valence-electron chi connectivity index (χ1n) is 12.0. The molecule has 0 atom stereocenters. The fraction of sp³-hybridized carbons (Fsp3) is 0.241. The second-order valence-electron chi connectivity index (χ2n) is 8.83. The van der Waals surface area contributed by atoms with E-state index in [9.17, 15) is 14.4 Å². The Labute approximate surface area is 215 Å². The van der Waals surface area contributed by atoms with Gasteiger partial charge in [0.1, 0.15) is 12.4 Å². The van der Waals surface area contributed by atoms with Crippen LogP contribution < -0.4 is 10.3 Å². The number of hydrogen-bond donors (Lipinski definition) is 0. The Morgan fingerprint density at radius 3 is 2.38 bits per heavy atom. The van der Waals surface area contributed by atoms with Crippen LogP contribution >= 0.6 is 0 Å². The maximum Gasteiger partial charge on any atom is 0.359 e. The fourth-order valence-corrected chi connectivity index (χ4v) is 4.07. The molecule has 0 spiro atoms. The van der Waals surface area contributed by atoms with Gasteiger partial charge in [-0.3, -0.25) is 9.59 Å². The molecule has 0 aliphatic heterocycles. The summed E-state index contributed by atoms with van der Waals surface area (Å²) in [5, 5.41) is 4.08. The molecule has 190 valence electrons. The van der Waals surface area contributed by atoms with E-state index in [1.807, 2.05) is 55.7 Å². The van der Waals surface area contributed by atoms with Crippen molar-refractivity contribution >= 4 is 11.8 Å². The van der Waals surface area contributed by atoms with Gasteiger partial charge in [0.15, 0.2) is 12.3 Å². The highest BCUT2D eigenvalue weighted by molar-refractivity contribution is 6.00. The smallest absolute Gasteiger partial charge is 0.359 e. The fourth-order valence-electron chi connectivity index (χ4n) is 4.07. The monoisotopic (exact) mass is 499 g/mol. The van der Waals surface area contributed by atoms with Crippen molar-refractivity contribution in [3.8, 4) is 11.4 Å². The normalized spacial score (nSPS) is 10.8. The van der Waals surface area contributed by atoms with E-state index in [0.29, 0.717) is 11.3 Å². The molecule has 0 unspecified atom stereocenters. The maximum atomic E-state index is 12.9. The predicted molar refractivity (Wildman–Crippen MR) is 140 cm³/mol. The zero-order valence-corrected chi connectivity index (χ0v) is 21.4. The van der Waals surface area contributed by atoms with E-state index in [0.717, 1.165) is 27.3 Å². The average Bonchev–Trinajstić information content (AvgIpc) is 3.19. The molecular weight excluding hydrogens is 470 g/mol. The van der Waals surface area contributed by atoms with Crippen molar-refractivity contribution in [1.29, 1.82) is 0 Å². The third-order valence-corrected chi connectivity index (χ3v) is 6.21. The Morgan fingerprint density at radius 1 is 0.892 bits per heavy atom. The standard InChI is InChI=1S/C29H29N3O5/c1-19-10-11-23(16-20(19)2)32-21(3)17-25(22(32)4)27(33)18-37-29(35)26-12-13-28(34)31(30-26)14-15-36-24-8-6-5-7-9-24/h5-13,16-17H,14-15,18H2,1-4H3. The predicted octanol–water partition coefficient (Wildman–Crippen LogP) is 4.39. The quantitative estimate of drug-likeness (QED) is 0.251. The number of aryl methyl sites for hydroxylation is 3. The van der Waals surface area contributed by atoms with Crippen LogP contribution in [0.3, 0.4) is 0 Å². The van der Waals surface area contributed by atoms with Crippen LogP contribution in [-0.4, -0.2) is 39.3 Å². The lowest BCUT2D eigenvalue weighted by molar-refractivity contribution is 0.0465. The van der Waals surface area contributed by atoms with E-state index in [1.54, 1.807) is 18.2 Å². The maximum absolute atomic E-state index is 12.9. The van der Waals surface area contributed by atoms with E-state index in [1.165, 1.54) is 17.7 Å². The summed E-state index contributed by atoms with van der Waals surface area (Å²) in [4.78, 5) is 37.7. The summed E-state index contributed by atoms with van der Waals surface area (Å²) in [6.45, 7) is 7.81. The molecule has 8 nitrogen and oxygen atoms in total. The Hall–Kier alpha value is -4.46. The zero-order chi connectivity index (χ0) is 26.5. The molecule has 8 heteroatoms. The van der Waals surface area contributed by atoms with Gasteiger partial charge in [-0.05, 0) is 75.2 Å². The van der Waals surface area contributed by atoms with Gasteiger partial charge in [-0.1, -0.05) is 24.3 Å². The van der Waals surface area contributed by atoms with Gasteiger partial charge in [-0.25, -0.2) is 9.48 Å². The zero-order valence-electron chi connectivity index (χ0n) is 21.4. The molecule has 0 saturated heterocycles. The molecule has 4 rings (SSSR count). The summed E-state index contributed by atoms with van der Waals surface area (Å²) in [6.07, 6.45) is 0. The second kappa shape index (κ2) is 11.1. The van der Waals surface area contributed by atoms with Gasteiger partial charge in [-0.15, -0.1) is 0 Å². The summed E-state index contributed by atoms with van der Waals surface area (Å²) in [5.41, 5.74) is 5.05. The van der Waals surface area contributed by atoms with Gasteiger partial charge in [0, 0.05) is 28.7 Å². The van der Waals surface area contributed by atoms with E-state index in [4.69, 9.17) is 9.47 Å². The number of ketones is 1. The molecule has 2 aromatic carbocycles. The molecule has 0 bridgehead atoms. The molecule has 0 aliphatic rings. The molecule has 2 heterocycles. The highest BCUT2D eigenvalue weighted by Gasteiger charge is 2.20. The van der Waals surface area contributed by atoms with Gasteiger partial charge >= 0.3 is 5.97 Å². The number of esters is 1. The minimum absolute atomic E-state index is 0.0623. The first-order chi connectivity index (χ1) is 17.7. The van der Waals surface area contributed by atoms with Crippen LogP contribution in [0.1, 0.15) is 43.4 Å². The van der Waals surface area contributed by atoms with Crippen LogP contribution in [0.4, 0.5) is 0 Å². The molecule has 0 aliphatic carbocycles.